The van der Waals surface area contributed by atoms with E-state index in [-0.39, 0.29) is 17.1 Å². The minimum Gasteiger partial charge on any atom is -0.464 e. The number of carbonyl (C=O) groups is 2. The molecule has 0 fully saturated rings. The fourth-order valence-corrected chi connectivity index (χ4v) is 2.67. The average Bonchev–Trinajstić information content (AvgIpc) is 3.34. The molecular weight excluding hydrogens is 350 g/mol. The lowest BCUT2D eigenvalue weighted by Crippen LogP contribution is -2.14. The number of anilines is 1. The minimum atomic E-state index is -0.623. The molecule has 3 aromatic heterocycles. The van der Waals surface area contributed by atoms with Gasteiger partial charge in [0.15, 0.2) is 11.5 Å². The quantitative estimate of drug-likeness (QED) is 0.667. The molecule has 0 atom stereocenters. The Balaban J connectivity index is 1.76. The van der Waals surface area contributed by atoms with Gasteiger partial charge in [0.05, 0.1) is 25.0 Å². The maximum atomic E-state index is 12.5. The Labute approximate surface area is 155 Å². The second kappa shape index (κ2) is 7.48. The molecule has 0 aromatic carbocycles. The van der Waals surface area contributed by atoms with Gasteiger partial charge in [-0.15, -0.1) is 0 Å². The van der Waals surface area contributed by atoms with Crippen molar-refractivity contribution >= 4 is 17.6 Å². The van der Waals surface area contributed by atoms with E-state index in [1.165, 1.54) is 11.8 Å². The molecule has 1 amide bonds. The van der Waals surface area contributed by atoms with Gasteiger partial charge in [0.2, 0.25) is 0 Å². The molecule has 3 aromatic rings. The van der Waals surface area contributed by atoms with Crippen LogP contribution in [0.2, 0.25) is 0 Å². The number of rotatable bonds is 6. The largest absolute Gasteiger partial charge is 0.464 e. The summed E-state index contributed by atoms with van der Waals surface area (Å²) in [5, 5.41) is 11.1. The molecule has 9 nitrogen and oxygen atoms in total. The zero-order valence-electron chi connectivity index (χ0n) is 15.6. The number of esters is 1. The van der Waals surface area contributed by atoms with Crippen LogP contribution >= 0.6 is 0 Å². The van der Waals surface area contributed by atoms with Crippen molar-refractivity contribution in [2.24, 2.45) is 0 Å². The van der Waals surface area contributed by atoms with E-state index in [0.717, 1.165) is 11.4 Å². The molecule has 0 spiro atoms. The van der Waals surface area contributed by atoms with Gasteiger partial charge < -0.3 is 14.5 Å². The Bertz CT molecular complexity index is 982. The Hall–Kier alpha value is -3.36. The van der Waals surface area contributed by atoms with Crippen molar-refractivity contribution in [1.29, 1.82) is 0 Å². The number of methoxy groups -OCH3 is 1. The molecule has 142 valence electrons. The monoisotopic (exact) mass is 371 g/mol. The van der Waals surface area contributed by atoms with Crippen molar-refractivity contribution in [2.45, 2.75) is 33.9 Å². The van der Waals surface area contributed by atoms with Gasteiger partial charge in [-0.25, -0.2) is 4.79 Å². The molecule has 0 radical (unpaired) electrons. The summed E-state index contributed by atoms with van der Waals surface area (Å²) in [6, 6.07) is 5.27. The van der Waals surface area contributed by atoms with E-state index >= 15 is 0 Å². The molecule has 0 aliphatic heterocycles. The predicted octanol–water partition coefficient (Wildman–Crippen LogP) is 2.40. The third-order valence-electron chi connectivity index (χ3n) is 4.01. The summed E-state index contributed by atoms with van der Waals surface area (Å²) < 4.78 is 13.7. The van der Waals surface area contributed by atoms with Crippen LogP contribution in [0.15, 0.2) is 28.8 Å². The number of hydrogen-bond acceptors (Lipinski definition) is 6. The SMILES string of the molecule is CCn1cc(NC(=O)c2ccc(Cn3nc(C)cc3C)o2)c(C(=O)OC)n1. The van der Waals surface area contributed by atoms with Crippen molar-refractivity contribution in [3.05, 3.63) is 53.0 Å². The van der Waals surface area contributed by atoms with Crippen LogP contribution in [0.3, 0.4) is 0 Å². The maximum absolute atomic E-state index is 12.5. The highest BCUT2D eigenvalue weighted by atomic mass is 16.5. The van der Waals surface area contributed by atoms with E-state index < -0.39 is 11.9 Å². The van der Waals surface area contributed by atoms with Crippen LogP contribution in [-0.4, -0.2) is 38.5 Å². The van der Waals surface area contributed by atoms with Crippen molar-refractivity contribution in [3.8, 4) is 0 Å². The van der Waals surface area contributed by atoms with Gasteiger partial charge in [0, 0.05) is 18.4 Å². The number of carbonyl (C=O) groups excluding carboxylic acids is 2. The number of nitrogens with zero attached hydrogens (tertiary/aromatic N) is 4. The van der Waals surface area contributed by atoms with Crippen LogP contribution in [0.1, 0.15) is 45.1 Å². The van der Waals surface area contributed by atoms with Crippen LogP contribution in [0, 0.1) is 13.8 Å². The molecule has 0 saturated heterocycles. The number of furan rings is 1. The van der Waals surface area contributed by atoms with E-state index in [1.807, 2.05) is 26.8 Å². The van der Waals surface area contributed by atoms with Crippen LogP contribution in [0.5, 0.6) is 0 Å². The number of hydrogen-bond donors (Lipinski definition) is 1. The standard InChI is InChI=1S/C18H21N5O4/c1-5-22-10-14(16(21-22)18(25)26-4)19-17(24)15-7-6-13(27-15)9-23-12(3)8-11(2)20-23/h6-8,10H,5,9H2,1-4H3,(H,19,24). The molecule has 3 rings (SSSR count). The van der Waals surface area contributed by atoms with E-state index in [9.17, 15) is 9.59 Å². The van der Waals surface area contributed by atoms with Crippen molar-refractivity contribution in [1.82, 2.24) is 19.6 Å². The molecule has 1 N–H and O–H groups in total. The van der Waals surface area contributed by atoms with Gasteiger partial charge >= 0.3 is 5.97 Å². The smallest absolute Gasteiger partial charge is 0.360 e. The first-order valence-corrected chi connectivity index (χ1v) is 8.48. The predicted molar refractivity (Wildman–Crippen MR) is 96.7 cm³/mol. The molecule has 0 unspecified atom stereocenters. The van der Waals surface area contributed by atoms with E-state index in [1.54, 1.807) is 23.0 Å². The lowest BCUT2D eigenvalue weighted by atomic mass is 10.3. The van der Waals surface area contributed by atoms with E-state index in [4.69, 9.17) is 9.15 Å². The lowest BCUT2D eigenvalue weighted by molar-refractivity contribution is 0.0594. The highest BCUT2D eigenvalue weighted by Crippen LogP contribution is 2.18. The van der Waals surface area contributed by atoms with E-state index in [0.29, 0.717) is 18.8 Å². The van der Waals surface area contributed by atoms with Gasteiger partial charge in [-0.2, -0.15) is 10.2 Å². The number of aromatic nitrogens is 4. The summed E-state index contributed by atoms with van der Waals surface area (Å²) in [6.45, 7) is 6.72. The molecule has 9 heteroatoms. The maximum Gasteiger partial charge on any atom is 0.360 e. The van der Waals surface area contributed by atoms with Crippen LogP contribution in [0.4, 0.5) is 5.69 Å². The third kappa shape index (κ3) is 3.91. The first-order valence-electron chi connectivity index (χ1n) is 8.48. The zero-order chi connectivity index (χ0) is 19.6. The number of aryl methyl sites for hydroxylation is 3. The molecule has 0 bridgehead atoms. The third-order valence-corrected chi connectivity index (χ3v) is 4.01. The van der Waals surface area contributed by atoms with Gasteiger partial charge in [-0.3, -0.25) is 14.2 Å². The second-order valence-corrected chi connectivity index (χ2v) is 6.04. The Morgan fingerprint density at radius 2 is 2.04 bits per heavy atom. The van der Waals surface area contributed by atoms with Gasteiger partial charge in [0.25, 0.3) is 5.91 Å². The Morgan fingerprint density at radius 1 is 1.26 bits per heavy atom. The zero-order valence-corrected chi connectivity index (χ0v) is 15.6. The van der Waals surface area contributed by atoms with E-state index in [2.05, 4.69) is 15.5 Å². The van der Waals surface area contributed by atoms with Crippen molar-refractivity contribution in [3.63, 3.8) is 0 Å². The molecule has 0 aliphatic carbocycles. The number of amides is 1. The topological polar surface area (TPSA) is 104 Å². The summed E-state index contributed by atoms with van der Waals surface area (Å²) in [7, 11) is 1.26. The van der Waals surface area contributed by atoms with Crippen molar-refractivity contribution in [2.75, 3.05) is 12.4 Å². The highest BCUT2D eigenvalue weighted by molar-refractivity contribution is 6.05. The minimum absolute atomic E-state index is 0.0436. The van der Waals surface area contributed by atoms with Crippen LogP contribution in [0.25, 0.3) is 0 Å². The lowest BCUT2D eigenvalue weighted by Gasteiger charge is -2.03. The summed E-state index contributed by atoms with van der Waals surface area (Å²) in [4.78, 5) is 24.3. The van der Waals surface area contributed by atoms with Gasteiger partial charge in [-0.1, -0.05) is 0 Å². The normalized spacial score (nSPS) is 10.8. The van der Waals surface area contributed by atoms with Crippen LogP contribution in [-0.2, 0) is 17.8 Å². The molecule has 0 saturated carbocycles. The molecular formula is C18H21N5O4. The summed E-state index contributed by atoms with van der Waals surface area (Å²) in [5.74, 6) is -0.368. The molecule has 0 aliphatic rings. The first-order chi connectivity index (χ1) is 12.9. The summed E-state index contributed by atoms with van der Waals surface area (Å²) in [5.41, 5.74) is 2.23. The van der Waals surface area contributed by atoms with Crippen molar-refractivity contribution < 1.29 is 18.7 Å². The summed E-state index contributed by atoms with van der Waals surface area (Å²) >= 11 is 0. The summed E-state index contributed by atoms with van der Waals surface area (Å²) in [6.07, 6.45) is 1.57. The Morgan fingerprint density at radius 3 is 2.67 bits per heavy atom. The number of nitrogens with one attached hydrogen (secondary N) is 1. The fourth-order valence-electron chi connectivity index (χ4n) is 2.67. The first kappa shape index (κ1) is 18.4. The van der Waals surface area contributed by atoms with Gasteiger partial charge in [0.1, 0.15) is 5.76 Å². The Kier molecular flexibility index (Phi) is 5.11. The van der Waals surface area contributed by atoms with Crippen LogP contribution < -0.4 is 5.32 Å². The second-order valence-electron chi connectivity index (χ2n) is 6.04. The highest BCUT2D eigenvalue weighted by Gasteiger charge is 2.21. The average molecular weight is 371 g/mol. The molecule has 3 heterocycles. The fraction of sp³-hybridized carbons (Fsp3) is 0.333. The molecule has 27 heavy (non-hydrogen) atoms. The number of ether oxygens (including phenoxy) is 1. The van der Waals surface area contributed by atoms with Gasteiger partial charge in [-0.05, 0) is 39.0 Å².